The Bertz CT molecular complexity index is 881. The normalized spacial score (nSPS) is 25.0. The third-order valence-corrected chi connectivity index (χ3v) is 7.67. The number of rotatable bonds is 8. The molecule has 34 heavy (non-hydrogen) atoms. The first-order valence-electron chi connectivity index (χ1n) is 13.1. The van der Waals surface area contributed by atoms with Crippen molar-refractivity contribution in [2.24, 2.45) is 0 Å². The molecule has 6 nitrogen and oxygen atoms in total. The summed E-state index contributed by atoms with van der Waals surface area (Å²) in [6.45, 7) is 10.8. The van der Waals surface area contributed by atoms with Crippen molar-refractivity contribution in [3.8, 4) is 5.75 Å². The topological polar surface area (TPSA) is 42.4 Å². The molecule has 3 aliphatic heterocycles. The number of piperidine rings is 1. The van der Waals surface area contributed by atoms with Crippen LogP contribution in [0.4, 0.5) is 5.69 Å². The smallest absolute Gasteiger partial charge is 0.119 e. The van der Waals surface area contributed by atoms with Crippen molar-refractivity contribution in [3.63, 3.8) is 0 Å². The van der Waals surface area contributed by atoms with Crippen LogP contribution in [0.25, 0.3) is 0 Å². The second-order valence-corrected chi connectivity index (χ2v) is 10.1. The van der Waals surface area contributed by atoms with Gasteiger partial charge in [-0.1, -0.05) is 36.8 Å². The molecule has 0 amide bonds. The maximum atomic E-state index is 10.8. The maximum Gasteiger partial charge on any atom is 0.119 e. The second kappa shape index (κ2) is 11.5. The monoisotopic (exact) mass is 464 g/mol. The third-order valence-electron chi connectivity index (χ3n) is 7.67. The van der Waals surface area contributed by atoms with Crippen molar-refractivity contribution in [3.05, 3.63) is 60.2 Å². The number of ether oxygens (including phenoxy) is 1. The average Bonchev–Trinajstić information content (AvgIpc) is 3.25. The lowest BCUT2D eigenvalue weighted by Crippen LogP contribution is -2.53. The van der Waals surface area contributed by atoms with Crippen LogP contribution in [0.2, 0.25) is 0 Å². The fraction of sp³-hybridized carbons (Fsp3) is 0.571. The van der Waals surface area contributed by atoms with Gasteiger partial charge in [0.1, 0.15) is 12.4 Å². The summed E-state index contributed by atoms with van der Waals surface area (Å²) < 4.78 is 6.08. The minimum atomic E-state index is -0.285. The summed E-state index contributed by atoms with van der Waals surface area (Å²) in [4.78, 5) is 9.85. The standard InChI is InChI=1S/C28H40N4O2/c33-28-23-30(22-27(28)32-16-14-31(15-17-32)25-9-3-1-4-10-25)21-24-8-7-11-26(20-24)34-19-18-29-12-5-2-6-13-29/h1,3-4,7-11,20,27-28,33H,2,5-6,12-19,21-23H2/t27-,28-/m0/s1. The van der Waals surface area contributed by atoms with Gasteiger partial charge in [-0.05, 0) is 55.8 Å². The first-order chi connectivity index (χ1) is 16.7. The summed E-state index contributed by atoms with van der Waals surface area (Å²) in [6, 6.07) is 19.4. The number of β-amino-alcohol motifs (C(OH)–C–C–N with tert-alkyl or cyclic N) is 1. The van der Waals surface area contributed by atoms with E-state index >= 15 is 0 Å². The predicted octanol–water partition coefficient (Wildman–Crippen LogP) is 2.92. The largest absolute Gasteiger partial charge is 0.492 e. The highest BCUT2D eigenvalue weighted by Gasteiger charge is 2.36. The second-order valence-electron chi connectivity index (χ2n) is 10.1. The van der Waals surface area contributed by atoms with Crippen molar-refractivity contribution >= 4 is 5.69 Å². The van der Waals surface area contributed by atoms with Gasteiger partial charge in [-0.25, -0.2) is 0 Å². The summed E-state index contributed by atoms with van der Waals surface area (Å²) in [6.07, 6.45) is 3.73. The Morgan fingerprint density at radius 3 is 2.38 bits per heavy atom. The van der Waals surface area contributed by atoms with Crippen molar-refractivity contribution in [2.75, 3.05) is 70.4 Å². The zero-order valence-electron chi connectivity index (χ0n) is 20.4. The van der Waals surface area contributed by atoms with Crippen LogP contribution < -0.4 is 9.64 Å². The van der Waals surface area contributed by atoms with E-state index in [4.69, 9.17) is 4.74 Å². The van der Waals surface area contributed by atoms with Crippen molar-refractivity contribution in [2.45, 2.75) is 38.0 Å². The summed E-state index contributed by atoms with van der Waals surface area (Å²) in [7, 11) is 0. The van der Waals surface area contributed by atoms with Gasteiger partial charge in [-0.2, -0.15) is 0 Å². The number of aliphatic hydroxyl groups excluding tert-OH is 1. The number of likely N-dealkylation sites (tertiary alicyclic amines) is 2. The lowest BCUT2D eigenvalue weighted by molar-refractivity contribution is 0.0791. The van der Waals surface area contributed by atoms with E-state index in [1.165, 1.54) is 43.6 Å². The molecule has 3 heterocycles. The zero-order valence-corrected chi connectivity index (χ0v) is 20.4. The van der Waals surface area contributed by atoms with Gasteiger partial charge in [-0.15, -0.1) is 0 Å². The lowest BCUT2D eigenvalue weighted by Gasteiger charge is -2.39. The number of para-hydroxylation sites is 1. The van der Waals surface area contributed by atoms with Crippen LogP contribution in [0.15, 0.2) is 54.6 Å². The number of benzene rings is 2. The Morgan fingerprint density at radius 2 is 1.59 bits per heavy atom. The van der Waals surface area contributed by atoms with E-state index < -0.39 is 0 Å². The molecule has 0 aromatic heterocycles. The van der Waals surface area contributed by atoms with Gasteiger partial charge in [0.2, 0.25) is 0 Å². The Morgan fingerprint density at radius 1 is 0.794 bits per heavy atom. The highest BCUT2D eigenvalue weighted by molar-refractivity contribution is 5.46. The fourth-order valence-corrected chi connectivity index (χ4v) is 5.75. The zero-order chi connectivity index (χ0) is 23.2. The molecule has 2 aromatic rings. The van der Waals surface area contributed by atoms with Crippen LogP contribution >= 0.6 is 0 Å². The molecular formula is C28H40N4O2. The maximum absolute atomic E-state index is 10.8. The molecule has 0 radical (unpaired) electrons. The van der Waals surface area contributed by atoms with E-state index in [1.807, 2.05) is 0 Å². The highest BCUT2D eigenvalue weighted by Crippen LogP contribution is 2.23. The molecule has 6 heteroatoms. The number of hydrogen-bond acceptors (Lipinski definition) is 6. The summed E-state index contributed by atoms with van der Waals surface area (Å²) in [5, 5.41) is 10.8. The lowest BCUT2D eigenvalue weighted by atomic mass is 10.1. The van der Waals surface area contributed by atoms with Gasteiger partial charge in [0.15, 0.2) is 0 Å². The minimum Gasteiger partial charge on any atom is -0.492 e. The van der Waals surface area contributed by atoms with E-state index in [-0.39, 0.29) is 12.1 Å². The quantitative estimate of drug-likeness (QED) is 0.648. The summed E-state index contributed by atoms with van der Waals surface area (Å²) in [5.41, 5.74) is 2.56. The number of piperazine rings is 1. The Kier molecular flexibility index (Phi) is 8.01. The number of anilines is 1. The van der Waals surface area contributed by atoms with Crippen molar-refractivity contribution in [1.82, 2.24) is 14.7 Å². The first kappa shape index (κ1) is 23.6. The average molecular weight is 465 g/mol. The molecule has 1 N–H and O–H groups in total. The van der Waals surface area contributed by atoms with E-state index in [0.29, 0.717) is 0 Å². The summed E-state index contributed by atoms with van der Waals surface area (Å²) >= 11 is 0. The number of nitrogens with zero attached hydrogens (tertiary/aromatic N) is 4. The van der Waals surface area contributed by atoms with Crippen molar-refractivity contribution < 1.29 is 9.84 Å². The van der Waals surface area contributed by atoms with E-state index in [0.717, 1.165) is 64.7 Å². The van der Waals surface area contributed by atoms with Crippen LogP contribution in [0.3, 0.4) is 0 Å². The van der Waals surface area contributed by atoms with Crippen LogP contribution in [-0.4, -0.2) is 97.5 Å². The fourth-order valence-electron chi connectivity index (χ4n) is 5.75. The molecule has 2 atom stereocenters. The number of aliphatic hydroxyl groups is 1. The molecule has 3 saturated heterocycles. The Labute approximate surface area is 204 Å². The number of hydrogen-bond donors (Lipinski definition) is 1. The molecule has 2 aromatic carbocycles. The summed E-state index contributed by atoms with van der Waals surface area (Å²) in [5.74, 6) is 0.961. The molecule has 0 unspecified atom stereocenters. The molecule has 3 fully saturated rings. The molecule has 0 bridgehead atoms. The molecule has 5 rings (SSSR count). The van der Waals surface area contributed by atoms with Gasteiger partial charge in [0, 0.05) is 64.1 Å². The molecule has 3 aliphatic rings. The molecule has 0 aliphatic carbocycles. The van der Waals surface area contributed by atoms with Crippen molar-refractivity contribution in [1.29, 1.82) is 0 Å². The Balaban J connectivity index is 1.08. The molecular weight excluding hydrogens is 424 g/mol. The van der Waals surface area contributed by atoms with Gasteiger partial charge < -0.3 is 14.7 Å². The van der Waals surface area contributed by atoms with Gasteiger partial charge in [0.05, 0.1) is 6.10 Å². The molecule has 0 saturated carbocycles. The van der Waals surface area contributed by atoms with Gasteiger partial charge in [-0.3, -0.25) is 14.7 Å². The van der Waals surface area contributed by atoms with Crippen LogP contribution in [0.5, 0.6) is 5.75 Å². The predicted molar refractivity (Wildman–Crippen MR) is 138 cm³/mol. The Hall–Kier alpha value is -2.12. The third kappa shape index (κ3) is 6.11. The van der Waals surface area contributed by atoms with E-state index in [1.54, 1.807) is 0 Å². The van der Waals surface area contributed by atoms with E-state index in [2.05, 4.69) is 74.2 Å². The highest BCUT2D eigenvalue weighted by atomic mass is 16.5. The van der Waals surface area contributed by atoms with Gasteiger partial charge >= 0.3 is 0 Å². The SMILES string of the molecule is O[C@H]1CN(Cc2cccc(OCCN3CCCCC3)c2)C[C@@H]1N1CCN(c2ccccc2)CC1. The van der Waals surface area contributed by atoms with E-state index in [9.17, 15) is 5.11 Å². The molecule has 184 valence electrons. The van der Waals surface area contributed by atoms with Crippen LogP contribution in [-0.2, 0) is 6.54 Å². The van der Waals surface area contributed by atoms with Crippen LogP contribution in [0.1, 0.15) is 24.8 Å². The minimum absolute atomic E-state index is 0.224. The van der Waals surface area contributed by atoms with Crippen LogP contribution in [0, 0.1) is 0 Å². The first-order valence-corrected chi connectivity index (χ1v) is 13.1. The van der Waals surface area contributed by atoms with Gasteiger partial charge in [0.25, 0.3) is 0 Å². The molecule has 0 spiro atoms.